The highest BCUT2D eigenvalue weighted by Crippen LogP contribution is 2.45. The van der Waals surface area contributed by atoms with Crippen LogP contribution in [0.2, 0.25) is 0 Å². The van der Waals surface area contributed by atoms with Gasteiger partial charge in [-0.3, -0.25) is 37.3 Å². The Morgan fingerprint density at radius 2 is 0.565 bits per heavy atom. The number of rotatable bonds is 63. The summed E-state index contributed by atoms with van der Waals surface area (Å²) in [7, 11) is -9.89. The quantitative estimate of drug-likeness (QED) is 0.0222. The van der Waals surface area contributed by atoms with Gasteiger partial charge in [0.2, 0.25) is 0 Å². The third-order valence-corrected chi connectivity index (χ3v) is 17.3. The summed E-state index contributed by atoms with van der Waals surface area (Å²) >= 11 is 0. The molecule has 19 heteroatoms. The van der Waals surface area contributed by atoms with Crippen LogP contribution < -0.4 is 0 Å². The first-order valence-corrected chi connectivity index (χ1v) is 37.2. The number of unbranched alkanes of at least 4 members (excludes halogenated alkanes) is 28. The molecule has 6 atom stereocenters. The van der Waals surface area contributed by atoms with Crippen molar-refractivity contribution in [2.24, 2.45) is 23.7 Å². The molecule has 0 rings (SSSR count). The van der Waals surface area contributed by atoms with E-state index >= 15 is 0 Å². The van der Waals surface area contributed by atoms with E-state index in [0.29, 0.717) is 31.6 Å². The van der Waals surface area contributed by atoms with E-state index < -0.39 is 97.5 Å². The van der Waals surface area contributed by atoms with E-state index in [-0.39, 0.29) is 25.7 Å². The molecule has 0 aliphatic carbocycles. The summed E-state index contributed by atoms with van der Waals surface area (Å²) in [6, 6.07) is 0. The number of aliphatic hydroxyl groups excluding tert-OH is 1. The van der Waals surface area contributed by atoms with Crippen molar-refractivity contribution in [2.75, 3.05) is 39.6 Å². The topological polar surface area (TPSA) is 237 Å². The molecular weight excluding hydrogens is 1130 g/mol. The first kappa shape index (κ1) is 83.1. The molecule has 0 amide bonds. The van der Waals surface area contributed by atoms with Gasteiger partial charge in [0, 0.05) is 25.7 Å². The molecule has 0 aromatic rings. The Bertz CT molecular complexity index is 1700. The number of carbonyl (C=O) groups is 4. The Balaban J connectivity index is 5.24. The van der Waals surface area contributed by atoms with Crippen molar-refractivity contribution in [3.8, 4) is 0 Å². The average molecular weight is 1260 g/mol. The molecule has 0 saturated carbocycles. The molecule has 0 aliphatic heterocycles. The number of hydrogen-bond donors (Lipinski definition) is 3. The average Bonchev–Trinajstić information content (AvgIpc) is 3.47. The summed E-state index contributed by atoms with van der Waals surface area (Å²) in [6.45, 7) is 14.0. The van der Waals surface area contributed by atoms with Crippen LogP contribution in [0.3, 0.4) is 0 Å². The molecule has 504 valence electrons. The van der Waals surface area contributed by atoms with Crippen LogP contribution in [0.25, 0.3) is 0 Å². The van der Waals surface area contributed by atoms with Gasteiger partial charge in [0.25, 0.3) is 0 Å². The number of phosphoric acid groups is 2. The van der Waals surface area contributed by atoms with Crippen molar-refractivity contribution in [1.82, 2.24) is 0 Å². The van der Waals surface area contributed by atoms with E-state index in [1.54, 1.807) is 0 Å². The smallest absolute Gasteiger partial charge is 0.462 e. The van der Waals surface area contributed by atoms with Crippen LogP contribution in [-0.4, -0.2) is 96.7 Å². The number of esters is 4. The molecule has 0 heterocycles. The second-order valence-corrected chi connectivity index (χ2v) is 28.4. The number of ether oxygens (including phenoxy) is 4. The Morgan fingerprint density at radius 1 is 0.329 bits per heavy atom. The molecule has 0 aromatic carbocycles. The van der Waals surface area contributed by atoms with Gasteiger partial charge < -0.3 is 33.8 Å². The van der Waals surface area contributed by atoms with Gasteiger partial charge in [-0.25, -0.2) is 9.13 Å². The van der Waals surface area contributed by atoms with Gasteiger partial charge >= 0.3 is 39.5 Å². The van der Waals surface area contributed by atoms with Crippen molar-refractivity contribution < 1.29 is 80.2 Å². The zero-order chi connectivity index (χ0) is 63.2. The molecule has 17 nitrogen and oxygen atoms in total. The fourth-order valence-corrected chi connectivity index (χ4v) is 11.3. The van der Waals surface area contributed by atoms with Crippen LogP contribution in [0.4, 0.5) is 0 Å². The fraction of sp³-hybridized carbons (Fsp3) is 0.939. The SMILES string of the molecule is CCC(C)CCCCCCCCC(=O)OC[C@H](COP(=O)(O)OC[C@H](O)COP(=O)(O)OC[C@@H](COC(=O)CCCCCCCCCCCCC(C)C)OC(=O)CCCCCCCCC(C)C)OC(=O)CCCCCCCCCCCCC(C)C. The maximum atomic E-state index is 13.0. The van der Waals surface area contributed by atoms with Crippen molar-refractivity contribution in [1.29, 1.82) is 0 Å². The van der Waals surface area contributed by atoms with E-state index in [9.17, 15) is 43.2 Å². The van der Waals surface area contributed by atoms with Crippen molar-refractivity contribution in [2.45, 2.75) is 337 Å². The molecule has 3 unspecified atom stereocenters. The van der Waals surface area contributed by atoms with Crippen molar-refractivity contribution in [3.63, 3.8) is 0 Å². The molecule has 0 bridgehead atoms. The number of carbonyl (C=O) groups excluding carboxylic acids is 4. The lowest BCUT2D eigenvalue weighted by Gasteiger charge is -2.21. The van der Waals surface area contributed by atoms with Crippen molar-refractivity contribution >= 4 is 39.5 Å². The summed E-state index contributed by atoms with van der Waals surface area (Å²) in [5.74, 6) is 0.771. The molecule has 0 aromatic heterocycles. The first-order chi connectivity index (χ1) is 40.6. The molecule has 0 spiro atoms. The predicted octanol–water partition coefficient (Wildman–Crippen LogP) is 18.1. The normalized spacial score (nSPS) is 14.7. The fourth-order valence-electron chi connectivity index (χ4n) is 9.75. The van der Waals surface area contributed by atoms with E-state index in [2.05, 4.69) is 55.4 Å². The summed E-state index contributed by atoms with van der Waals surface area (Å²) in [4.78, 5) is 72.3. The van der Waals surface area contributed by atoms with Crippen LogP contribution in [0.1, 0.15) is 319 Å². The van der Waals surface area contributed by atoms with Gasteiger partial charge in [-0.05, 0) is 49.4 Å². The summed E-state index contributed by atoms with van der Waals surface area (Å²) in [5, 5.41) is 10.5. The van der Waals surface area contributed by atoms with Crippen LogP contribution in [-0.2, 0) is 65.4 Å². The minimum absolute atomic E-state index is 0.101. The third kappa shape index (κ3) is 59.5. The number of hydrogen-bond acceptors (Lipinski definition) is 15. The maximum Gasteiger partial charge on any atom is 0.472 e. The first-order valence-electron chi connectivity index (χ1n) is 34.2. The van der Waals surface area contributed by atoms with Crippen LogP contribution in [0.5, 0.6) is 0 Å². The summed E-state index contributed by atoms with van der Waals surface area (Å²) < 4.78 is 68.1. The zero-order valence-corrected chi connectivity index (χ0v) is 57.0. The predicted molar refractivity (Wildman–Crippen MR) is 340 cm³/mol. The van der Waals surface area contributed by atoms with E-state index in [1.165, 1.54) is 116 Å². The molecule has 3 N–H and O–H groups in total. The summed E-state index contributed by atoms with van der Waals surface area (Å²) in [5.41, 5.74) is 0. The highest BCUT2D eigenvalue weighted by molar-refractivity contribution is 7.47. The Morgan fingerprint density at radius 3 is 0.835 bits per heavy atom. The van der Waals surface area contributed by atoms with Crippen molar-refractivity contribution in [3.05, 3.63) is 0 Å². The Kier molecular flexibility index (Phi) is 54.8. The molecule has 85 heavy (non-hydrogen) atoms. The van der Waals surface area contributed by atoms with Gasteiger partial charge in [0.15, 0.2) is 12.2 Å². The van der Waals surface area contributed by atoms with Gasteiger partial charge in [-0.1, -0.05) is 267 Å². The highest BCUT2D eigenvalue weighted by Gasteiger charge is 2.30. The Hall–Kier alpha value is -1.94. The lowest BCUT2D eigenvalue weighted by atomic mass is 10.00. The molecule has 0 aliphatic rings. The lowest BCUT2D eigenvalue weighted by Crippen LogP contribution is -2.30. The highest BCUT2D eigenvalue weighted by atomic mass is 31.2. The monoisotopic (exact) mass is 1250 g/mol. The second kappa shape index (κ2) is 56.1. The molecule has 0 radical (unpaired) electrons. The van der Waals surface area contributed by atoms with E-state index in [4.69, 9.17) is 37.0 Å². The maximum absolute atomic E-state index is 13.0. The van der Waals surface area contributed by atoms with Crippen LogP contribution in [0.15, 0.2) is 0 Å². The molecular formula is C66H128O17P2. The Labute approximate surface area is 517 Å². The largest absolute Gasteiger partial charge is 0.472 e. The van der Waals surface area contributed by atoms with E-state index in [0.717, 1.165) is 114 Å². The van der Waals surface area contributed by atoms with Crippen LogP contribution in [0, 0.1) is 23.7 Å². The third-order valence-electron chi connectivity index (χ3n) is 15.4. The minimum Gasteiger partial charge on any atom is -0.462 e. The minimum atomic E-state index is -4.95. The van der Waals surface area contributed by atoms with Crippen LogP contribution >= 0.6 is 15.6 Å². The van der Waals surface area contributed by atoms with Gasteiger partial charge in [0.05, 0.1) is 26.4 Å². The molecule has 0 fully saturated rings. The summed E-state index contributed by atoms with van der Waals surface area (Å²) in [6.07, 6.45) is 36.4. The second-order valence-electron chi connectivity index (χ2n) is 25.5. The zero-order valence-electron chi connectivity index (χ0n) is 55.2. The van der Waals surface area contributed by atoms with Gasteiger partial charge in [0.1, 0.15) is 19.3 Å². The number of phosphoric ester groups is 2. The lowest BCUT2D eigenvalue weighted by molar-refractivity contribution is -0.161. The number of aliphatic hydroxyl groups is 1. The standard InChI is InChI=1S/C66H128O17P2/c1-9-59(8)45-37-29-23-25-31-39-47-64(69)77-53-61(82-65(70)48-40-32-21-17-13-11-15-19-27-35-43-57(4)5)54-80-84(72,73)78-50-60(67)51-79-85(74,75)81-55-62(83-66(71)49-41-33-24-22-28-36-44-58(6)7)52-76-63(68)46-38-30-20-16-12-10-14-18-26-34-42-56(2)3/h56-62,67H,9-55H2,1-8H3,(H,72,73)(H,74,75)/t59?,60-,61+,62+/m0/s1. The van der Waals surface area contributed by atoms with Gasteiger partial charge in [-0.2, -0.15) is 0 Å². The van der Waals surface area contributed by atoms with Gasteiger partial charge in [-0.15, -0.1) is 0 Å². The molecule has 0 saturated heterocycles. The van der Waals surface area contributed by atoms with E-state index in [1.807, 2.05) is 0 Å².